The Labute approximate surface area is 133 Å². The van der Waals surface area contributed by atoms with Gasteiger partial charge >= 0.3 is 0 Å². The van der Waals surface area contributed by atoms with Crippen molar-refractivity contribution in [3.8, 4) is 17.3 Å². The Hall–Kier alpha value is -2.21. The average Bonchev–Trinajstić information content (AvgIpc) is 3.16. The van der Waals surface area contributed by atoms with E-state index in [1.807, 2.05) is 38.4 Å². The first-order valence-electron chi connectivity index (χ1n) is 7.23. The minimum atomic E-state index is 0.133. The zero-order chi connectivity index (χ0) is 15.5. The first kappa shape index (κ1) is 14.7. The third-order valence-electron chi connectivity index (χ3n) is 3.44. The third-order valence-corrected chi connectivity index (χ3v) is 4.23. The van der Waals surface area contributed by atoms with E-state index in [0.717, 1.165) is 22.1 Å². The first-order chi connectivity index (χ1) is 10.7. The number of ether oxygens (including phenoxy) is 1. The highest BCUT2D eigenvalue weighted by atomic mass is 32.1. The van der Waals surface area contributed by atoms with Crippen LogP contribution in [-0.2, 0) is 0 Å². The topological polar surface area (TPSA) is 52.8 Å². The van der Waals surface area contributed by atoms with Crippen molar-refractivity contribution in [3.05, 3.63) is 46.8 Å². The van der Waals surface area contributed by atoms with E-state index in [1.54, 1.807) is 17.5 Å². The minimum absolute atomic E-state index is 0.133. The van der Waals surface area contributed by atoms with Crippen LogP contribution in [0.25, 0.3) is 11.4 Å². The highest BCUT2D eigenvalue weighted by Crippen LogP contribution is 2.26. The van der Waals surface area contributed by atoms with Gasteiger partial charge < -0.3 is 9.30 Å². The van der Waals surface area contributed by atoms with Crippen LogP contribution in [0.4, 0.5) is 0 Å². The molecule has 3 heterocycles. The number of hydrogen-bond acceptors (Lipinski definition) is 5. The van der Waals surface area contributed by atoms with Crippen LogP contribution in [-0.4, -0.2) is 26.1 Å². The summed E-state index contributed by atoms with van der Waals surface area (Å²) in [7, 11) is 0. The summed E-state index contributed by atoms with van der Waals surface area (Å²) in [6.07, 6.45) is 5.58. The molecule has 0 saturated carbocycles. The van der Waals surface area contributed by atoms with E-state index in [4.69, 9.17) is 4.74 Å². The average molecular weight is 314 g/mol. The second kappa shape index (κ2) is 6.27. The lowest BCUT2D eigenvalue weighted by Crippen LogP contribution is -2.08. The van der Waals surface area contributed by atoms with Gasteiger partial charge in [-0.15, -0.1) is 11.3 Å². The zero-order valence-corrected chi connectivity index (χ0v) is 13.7. The van der Waals surface area contributed by atoms with Crippen LogP contribution >= 0.6 is 11.3 Å². The molecular formula is C16H18N4OS. The molecule has 5 nitrogen and oxygen atoms in total. The number of aromatic nitrogens is 4. The molecule has 1 unspecified atom stereocenters. The van der Waals surface area contributed by atoms with E-state index in [0.29, 0.717) is 12.5 Å². The van der Waals surface area contributed by atoms with Gasteiger partial charge in [0, 0.05) is 35.6 Å². The smallest absolute Gasteiger partial charge is 0.213 e. The fourth-order valence-electron chi connectivity index (χ4n) is 2.31. The molecule has 0 aliphatic rings. The molecule has 3 aromatic rings. The van der Waals surface area contributed by atoms with Gasteiger partial charge in [0.15, 0.2) is 0 Å². The highest BCUT2D eigenvalue weighted by Gasteiger charge is 2.16. The molecule has 0 fully saturated rings. The molecule has 114 valence electrons. The minimum Gasteiger partial charge on any atom is -0.478 e. The second-order valence-corrected chi connectivity index (χ2v) is 6.01. The molecule has 0 N–H and O–H groups in total. The van der Waals surface area contributed by atoms with Gasteiger partial charge in [-0.05, 0) is 26.8 Å². The van der Waals surface area contributed by atoms with Crippen molar-refractivity contribution in [3.63, 3.8) is 0 Å². The lowest BCUT2D eigenvalue weighted by molar-refractivity contribution is 0.327. The van der Waals surface area contributed by atoms with Gasteiger partial charge in [0.2, 0.25) is 5.88 Å². The summed E-state index contributed by atoms with van der Waals surface area (Å²) in [4.78, 5) is 13.4. The SMILES string of the molecule is CCOc1ccc(-c2nccn2C(C)c2csc(C)n2)cn1. The lowest BCUT2D eigenvalue weighted by Gasteiger charge is -2.14. The van der Waals surface area contributed by atoms with E-state index in [9.17, 15) is 0 Å². The molecule has 6 heteroatoms. The van der Waals surface area contributed by atoms with Gasteiger partial charge in [0.25, 0.3) is 0 Å². The molecule has 0 spiro atoms. The molecule has 1 atom stereocenters. The first-order valence-corrected chi connectivity index (χ1v) is 8.11. The van der Waals surface area contributed by atoms with E-state index in [2.05, 4.69) is 31.8 Å². The van der Waals surface area contributed by atoms with Crippen LogP contribution in [0.2, 0.25) is 0 Å². The Kier molecular flexibility index (Phi) is 4.20. The monoisotopic (exact) mass is 314 g/mol. The molecular weight excluding hydrogens is 296 g/mol. The van der Waals surface area contributed by atoms with Gasteiger partial charge in [-0.1, -0.05) is 0 Å². The molecule has 0 saturated heterocycles. The fourth-order valence-corrected chi connectivity index (χ4v) is 3.01. The molecule has 0 amide bonds. The Morgan fingerprint density at radius 1 is 1.32 bits per heavy atom. The summed E-state index contributed by atoms with van der Waals surface area (Å²) in [6.45, 7) is 6.70. The molecule has 22 heavy (non-hydrogen) atoms. The van der Waals surface area contributed by atoms with Gasteiger partial charge in [0.05, 0.1) is 23.4 Å². The van der Waals surface area contributed by atoms with Crippen molar-refractivity contribution in [2.45, 2.75) is 26.8 Å². The number of rotatable bonds is 5. The summed E-state index contributed by atoms with van der Waals surface area (Å²) < 4.78 is 7.50. The molecule has 0 bridgehead atoms. The summed E-state index contributed by atoms with van der Waals surface area (Å²) in [5.74, 6) is 1.52. The maximum Gasteiger partial charge on any atom is 0.213 e. The molecule has 3 rings (SSSR count). The Morgan fingerprint density at radius 2 is 2.18 bits per heavy atom. The number of imidazole rings is 1. The lowest BCUT2D eigenvalue weighted by atomic mass is 10.2. The Balaban J connectivity index is 1.91. The summed E-state index contributed by atoms with van der Waals surface area (Å²) in [5.41, 5.74) is 2.02. The van der Waals surface area contributed by atoms with E-state index >= 15 is 0 Å². The van der Waals surface area contributed by atoms with Crippen molar-refractivity contribution >= 4 is 11.3 Å². The third kappa shape index (κ3) is 2.87. The summed E-state index contributed by atoms with van der Waals surface area (Å²) >= 11 is 1.67. The molecule has 0 aromatic carbocycles. The number of nitrogens with zero attached hydrogens (tertiary/aromatic N) is 4. The highest BCUT2D eigenvalue weighted by molar-refractivity contribution is 7.09. The number of pyridine rings is 1. The van der Waals surface area contributed by atoms with E-state index in [1.165, 1.54) is 0 Å². The summed E-state index contributed by atoms with van der Waals surface area (Å²) in [6, 6.07) is 3.99. The maximum absolute atomic E-state index is 5.38. The van der Waals surface area contributed by atoms with Crippen molar-refractivity contribution in [2.75, 3.05) is 6.61 Å². The van der Waals surface area contributed by atoms with E-state index < -0.39 is 0 Å². The number of aryl methyl sites for hydroxylation is 1. The van der Waals surface area contributed by atoms with Gasteiger partial charge in [-0.25, -0.2) is 15.0 Å². The van der Waals surface area contributed by atoms with Crippen molar-refractivity contribution in [1.29, 1.82) is 0 Å². The maximum atomic E-state index is 5.38. The Bertz CT molecular complexity index is 748. The quantitative estimate of drug-likeness (QED) is 0.720. The molecule has 3 aromatic heterocycles. The molecule has 0 aliphatic heterocycles. The van der Waals surface area contributed by atoms with Gasteiger partial charge in [0.1, 0.15) is 5.82 Å². The fraction of sp³-hybridized carbons (Fsp3) is 0.312. The largest absolute Gasteiger partial charge is 0.478 e. The normalized spacial score (nSPS) is 12.3. The van der Waals surface area contributed by atoms with Gasteiger partial charge in [-0.3, -0.25) is 0 Å². The standard InChI is InChI=1S/C16H18N4OS/c1-4-21-15-6-5-13(9-18-15)16-17-7-8-20(16)11(2)14-10-22-12(3)19-14/h5-11H,4H2,1-3H3. The summed E-state index contributed by atoms with van der Waals surface area (Å²) in [5, 5.41) is 3.17. The van der Waals surface area contributed by atoms with Crippen LogP contribution < -0.4 is 4.74 Å². The van der Waals surface area contributed by atoms with Crippen LogP contribution in [0.3, 0.4) is 0 Å². The van der Waals surface area contributed by atoms with Crippen LogP contribution in [0.1, 0.15) is 30.6 Å². The van der Waals surface area contributed by atoms with E-state index in [-0.39, 0.29) is 6.04 Å². The van der Waals surface area contributed by atoms with Crippen molar-refractivity contribution in [1.82, 2.24) is 19.5 Å². The predicted octanol–water partition coefficient (Wildman–Crippen LogP) is 3.72. The van der Waals surface area contributed by atoms with Crippen LogP contribution in [0.5, 0.6) is 5.88 Å². The Morgan fingerprint density at radius 3 is 2.82 bits per heavy atom. The number of thiazole rings is 1. The van der Waals surface area contributed by atoms with Crippen molar-refractivity contribution < 1.29 is 4.74 Å². The van der Waals surface area contributed by atoms with Crippen LogP contribution in [0.15, 0.2) is 36.1 Å². The predicted molar refractivity (Wildman–Crippen MR) is 87.3 cm³/mol. The second-order valence-electron chi connectivity index (χ2n) is 4.94. The van der Waals surface area contributed by atoms with Crippen LogP contribution in [0, 0.1) is 6.92 Å². The molecule has 0 aliphatic carbocycles. The number of hydrogen-bond donors (Lipinski definition) is 0. The van der Waals surface area contributed by atoms with Crippen molar-refractivity contribution in [2.24, 2.45) is 0 Å². The van der Waals surface area contributed by atoms with Gasteiger partial charge in [-0.2, -0.15) is 0 Å². The molecule has 0 radical (unpaired) electrons. The zero-order valence-electron chi connectivity index (χ0n) is 12.9.